The van der Waals surface area contributed by atoms with Gasteiger partial charge < -0.3 is 15.4 Å². The summed E-state index contributed by atoms with van der Waals surface area (Å²) < 4.78 is 4.76. The lowest BCUT2D eigenvalue weighted by molar-refractivity contribution is 0.0602. The van der Waals surface area contributed by atoms with Crippen LogP contribution >= 0.6 is 11.8 Å². The molecule has 1 saturated heterocycles. The minimum absolute atomic E-state index is 0.377. The Labute approximate surface area is 118 Å². The van der Waals surface area contributed by atoms with Gasteiger partial charge in [-0.2, -0.15) is 11.8 Å². The molecule has 1 heterocycles. The van der Waals surface area contributed by atoms with Gasteiger partial charge in [0.15, 0.2) is 0 Å². The number of carbonyl (C=O) groups is 1. The monoisotopic (exact) mass is 280 g/mol. The average molecular weight is 280 g/mol. The highest BCUT2D eigenvalue weighted by Gasteiger charge is 2.22. The molecule has 0 aromatic heterocycles. The summed E-state index contributed by atoms with van der Waals surface area (Å²) in [5.74, 6) is 0.721. The van der Waals surface area contributed by atoms with E-state index in [0.717, 1.165) is 31.0 Å². The van der Waals surface area contributed by atoms with Gasteiger partial charge in [-0.15, -0.1) is 0 Å². The molecule has 1 unspecified atom stereocenters. The molecule has 2 N–H and O–H groups in total. The lowest BCUT2D eigenvalue weighted by Gasteiger charge is -2.34. The number of hydrogen-bond acceptors (Lipinski definition) is 5. The van der Waals surface area contributed by atoms with Crippen molar-refractivity contribution < 1.29 is 9.53 Å². The third kappa shape index (κ3) is 2.97. The maximum atomic E-state index is 11.7. The van der Waals surface area contributed by atoms with Gasteiger partial charge in [-0.1, -0.05) is 13.0 Å². The molecule has 0 saturated carbocycles. The van der Waals surface area contributed by atoms with Crippen LogP contribution in [0.15, 0.2) is 18.2 Å². The van der Waals surface area contributed by atoms with Crippen LogP contribution in [0.3, 0.4) is 0 Å². The first-order chi connectivity index (χ1) is 9.17. The van der Waals surface area contributed by atoms with Gasteiger partial charge in [-0.3, -0.25) is 0 Å². The van der Waals surface area contributed by atoms with Crippen molar-refractivity contribution in [1.29, 1.82) is 0 Å². The highest BCUT2D eigenvalue weighted by molar-refractivity contribution is 8.00. The summed E-state index contributed by atoms with van der Waals surface area (Å²) in [6.07, 6.45) is 1.15. The molecule has 2 rings (SSSR count). The number of para-hydroxylation sites is 1. The van der Waals surface area contributed by atoms with Crippen molar-refractivity contribution in [3.05, 3.63) is 23.8 Å². The highest BCUT2D eigenvalue weighted by atomic mass is 32.2. The lowest BCUT2D eigenvalue weighted by atomic mass is 10.1. The van der Waals surface area contributed by atoms with Gasteiger partial charge in [-0.05, 0) is 18.6 Å². The number of benzene rings is 1. The van der Waals surface area contributed by atoms with Gasteiger partial charge in [0.25, 0.3) is 0 Å². The van der Waals surface area contributed by atoms with Crippen molar-refractivity contribution in [2.75, 3.05) is 36.6 Å². The molecular weight excluding hydrogens is 260 g/mol. The first-order valence-electron chi connectivity index (χ1n) is 6.50. The number of carbonyl (C=O) groups excluding carboxylic acids is 1. The van der Waals surface area contributed by atoms with Gasteiger partial charge in [0, 0.05) is 24.1 Å². The van der Waals surface area contributed by atoms with E-state index < -0.39 is 0 Å². The Morgan fingerprint density at radius 1 is 1.58 bits per heavy atom. The van der Waals surface area contributed by atoms with E-state index in [1.807, 2.05) is 23.9 Å². The minimum atomic E-state index is -0.377. The zero-order valence-electron chi connectivity index (χ0n) is 11.4. The summed E-state index contributed by atoms with van der Waals surface area (Å²) in [5, 5.41) is 0.634. The second-order valence-corrected chi connectivity index (χ2v) is 5.99. The Hall–Kier alpha value is -1.36. The molecule has 1 fully saturated rings. The number of nitrogens with zero attached hydrogens (tertiary/aromatic N) is 1. The van der Waals surface area contributed by atoms with Crippen molar-refractivity contribution >= 4 is 29.1 Å². The van der Waals surface area contributed by atoms with E-state index >= 15 is 0 Å². The first-order valence-corrected chi connectivity index (χ1v) is 7.55. The van der Waals surface area contributed by atoms with Gasteiger partial charge in [-0.25, -0.2) is 4.79 Å². The maximum absolute atomic E-state index is 11.7. The number of ether oxygens (including phenoxy) is 1. The number of nitrogen functional groups attached to an aromatic ring is 1. The predicted molar refractivity (Wildman–Crippen MR) is 80.9 cm³/mol. The molecule has 1 aliphatic heterocycles. The summed E-state index contributed by atoms with van der Waals surface area (Å²) in [6, 6.07) is 5.55. The first kappa shape index (κ1) is 14.1. The Bertz CT molecular complexity index is 465. The number of hydrogen-bond donors (Lipinski definition) is 1. The van der Waals surface area contributed by atoms with Gasteiger partial charge in [0.2, 0.25) is 0 Å². The van der Waals surface area contributed by atoms with Crippen LogP contribution < -0.4 is 10.6 Å². The minimum Gasteiger partial charge on any atom is -0.465 e. The van der Waals surface area contributed by atoms with Crippen LogP contribution in [0.2, 0.25) is 0 Å². The quantitative estimate of drug-likeness (QED) is 0.680. The van der Waals surface area contributed by atoms with E-state index in [0.29, 0.717) is 16.5 Å². The van der Waals surface area contributed by atoms with Crippen LogP contribution in [0.4, 0.5) is 11.4 Å². The van der Waals surface area contributed by atoms with E-state index in [1.165, 1.54) is 7.11 Å². The number of rotatable bonds is 3. The third-order valence-corrected chi connectivity index (χ3v) is 4.80. The summed E-state index contributed by atoms with van der Waals surface area (Å²) in [5.41, 5.74) is 8.05. The Morgan fingerprint density at radius 3 is 3.05 bits per heavy atom. The number of nitrogens with two attached hydrogens (primary N) is 1. The summed E-state index contributed by atoms with van der Waals surface area (Å²) in [7, 11) is 1.37. The zero-order valence-corrected chi connectivity index (χ0v) is 12.2. The second-order valence-electron chi connectivity index (χ2n) is 4.58. The third-order valence-electron chi connectivity index (χ3n) is 3.42. The van der Waals surface area contributed by atoms with Gasteiger partial charge in [0.1, 0.15) is 0 Å². The molecule has 1 aromatic carbocycles. The number of thioether (sulfide) groups is 1. The summed E-state index contributed by atoms with van der Waals surface area (Å²) in [6.45, 7) is 4.15. The topological polar surface area (TPSA) is 55.6 Å². The molecule has 0 bridgehead atoms. The summed E-state index contributed by atoms with van der Waals surface area (Å²) in [4.78, 5) is 13.9. The Balaban J connectivity index is 2.27. The molecule has 1 aliphatic rings. The fourth-order valence-electron chi connectivity index (χ4n) is 2.30. The fourth-order valence-corrected chi connectivity index (χ4v) is 3.48. The van der Waals surface area contributed by atoms with E-state index in [9.17, 15) is 4.79 Å². The van der Waals surface area contributed by atoms with E-state index in [2.05, 4.69) is 11.8 Å². The van der Waals surface area contributed by atoms with Crippen LogP contribution in [-0.2, 0) is 4.74 Å². The Morgan fingerprint density at radius 2 is 2.37 bits per heavy atom. The molecule has 0 amide bonds. The smallest absolute Gasteiger partial charge is 0.340 e. The molecular formula is C14H20N2O2S. The number of methoxy groups -OCH3 is 1. The van der Waals surface area contributed by atoms with Crippen LogP contribution in [0.25, 0.3) is 0 Å². The van der Waals surface area contributed by atoms with Crippen LogP contribution in [0.5, 0.6) is 0 Å². The number of esters is 1. The van der Waals surface area contributed by atoms with Crippen molar-refractivity contribution in [2.24, 2.45) is 0 Å². The molecule has 1 aromatic rings. The predicted octanol–water partition coefficient (Wildman–Crippen LogP) is 2.39. The summed E-state index contributed by atoms with van der Waals surface area (Å²) >= 11 is 2.01. The standard InChI is InChI=1S/C14H20N2O2S/c1-3-10-9-16(7-8-19-10)12-6-4-5-11(13(12)15)14(17)18-2/h4-6,10H,3,7-9,15H2,1-2H3. The van der Waals surface area contributed by atoms with Gasteiger partial charge >= 0.3 is 5.97 Å². The molecule has 0 spiro atoms. The molecule has 4 nitrogen and oxygen atoms in total. The largest absolute Gasteiger partial charge is 0.465 e. The molecule has 0 aliphatic carbocycles. The molecule has 5 heteroatoms. The van der Waals surface area contributed by atoms with Crippen LogP contribution in [-0.4, -0.2) is 37.2 Å². The number of anilines is 2. The van der Waals surface area contributed by atoms with Crippen molar-refractivity contribution in [3.63, 3.8) is 0 Å². The van der Waals surface area contributed by atoms with E-state index in [4.69, 9.17) is 10.5 Å². The fraction of sp³-hybridized carbons (Fsp3) is 0.500. The normalized spacial score (nSPS) is 19.3. The lowest BCUT2D eigenvalue weighted by Crippen LogP contribution is -2.38. The van der Waals surface area contributed by atoms with Gasteiger partial charge in [0.05, 0.1) is 24.0 Å². The molecule has 1 atom stereocenters. The van der Waals surface area contributed by atoms with Crippen molar-refractivity contribution in [3.8, 4) is 0 Å². The van der Waals surface area contributed by atoms with Crippen molar-refractivity contribution in [1.82, 2.24) is 0 Å². The second kappa shape index (κ2) is 6.19. The average Bonchev–Trinajstić information content (AvgIpc) is 2.46. The molecule has 0 radical (unpaired) electrons. The zero-order chi connectivity index (χ0) is 13.8. The maximum Gasteiger partial charge on any atom is 0.340 e. The van der Waals surface area contributed by atoms with E-state index in [1.54, 1.807) is 6.07 Å². The Kier molecular flexibility index (Phi) is 4.58. The molecule has 104 valence electrons. The van der Waals surface area contributed by atoms with E-state index in [-0.39, 0.29) is 5.97 Å². The highest BCUT2D eigenvalue weighted by Crippen LogP contribution is 2.31. The van der Waals surface area contributed by atoms with Crippen LogP contribution in [0, 0.1) is 0 Å². The van der Waals surface area contributed by atoms with Crippen LogP contribution in [0.1, 0.15) is 23.7 Å². The SMILES string of the molecule is CCC1CN(c2cccc(C(=O)OC)c2N)CCS1. The molecule has 19 heavy (non-hydrogen) atoms. The van der Waals surface area contributed by atoms with Crippen molar-refractivity contribution in [2.45, 2.75) is 18.6 Å².